The summed E-state index contributed by atoms with van der Waals surface area (Å²) >= 11 is 0. The molecular formula is C21H36N2O6. The summed E-state index contributed by atoms with van der Waals surface area (Å²) in [5.74, 6) is -0.513. The first-order valence-electron chi connectivity index (χ1n) is 10.0. The van der Waals surface area contributed by atoms with Gasteiger partial charge in [0.05, 0.1) is 6.10 Å². The zero-order chi connectivity index (χ0) is 22.2. The molecule has 0 aromatic carbocycles. The van der Waals surface area contributed by atoms with Crippen molar-refractivity contribution >= 4 is 18.2 Å². The van der Waals surface area contributed by atoms with Crippen LogP contribution in [0.15, 0.2) is 12.2 Å². The molecule has 0 saturated heterocycles. The SMILES string of the molecule is C=C(C)C(=O)OCCOC(=O)NCC1(C)CC(NC(=O)OC(C)C)CC(C)(C)C1. The molecule has 8 heteroatoms. The molecule has 2 unspecified atom stereocenters. The minimum absolute atomic E-state index is 0.00507. The Bertz CT molecular complexity index is 616. The van der Waals surface area contributed by atoms with Crippen molar-refractivity contribution in [2.45, 2.75) is 73.0 Å². The maximum absolute atomic E-state index is 12.0. The van der Waals surface area contributed by atoms with E-state index in [1.54, 1.807) is 6.92 Å². The fraction of sp³-hybridized carbons (Fsp3) is 0.762. The third kappa shape index (κ3) is 9.67. The highest BCUT2D eigenvalue weighted by molar-refractivity contribution is 5.86. The molecule has 0 spiro atoms. The molecule has 0 bridgehead atoms. The van der Waals surface area contributed by atoms with Crippen molar-refractivity contribution in [1.29, 1.82) is 0 Å². The Balaban J connectivity index is 2.49. The molecule has 0 heterocycles. The summed E-state index contributed by atoms with van der Waals surface area (Å²) < 4.78 is 15.1. The van der Waals surface area contributed by atoms with E-state index in [0.717, 1.165) is 19.3 Å². The quantitative estimate of drug-likeness (QED) is 0.273. The number of alkyl carbamates (subject to hydrolysis) is 2. The molecule has 2 atom stereocenters. The number of carbonyl (C=O) groups is 3. The zero-order valence-corrected chi connectivity index (χ0v) is 18.6. The number of hydrogen-bond acceptors (Lipinski definition) is 6. The maximum atomic E-state index is 12.0. The molecule has 8 nitrogen and oxygen atoms in total. The van der Waals surface area contributed by atoms with E-state index in [2.05, 4.69) is 38.0 Å². The van der Waals surface area contributed by atoms with Gasteiger partial charge in [-0.2, -0.15) is 0 Å². The van der Waals surface area contributed by atoms with Crippen molar-refractivity contribution < 1.29 is 28.6 Å². The zero-order valence-electron chi connectivity index (χ0n) is 18.6. The van der Waals surface area contributed by atoms with Crippen LogP contribution < -0.4 is 10.6 Å². The largest absolute Gasteiger partial charge is 0.459 e. The number of rotatable bonds is 8. The highest BCUT2D eigenvalue weighted by Crippen LogP contribution is 2.45. The lowest BCUT2D eigenvalue weighted by atomic mass is 9.62. The van der Waals surface area contributed by atoms with Crippen molar-refractivity contribution in [3.63, 3.8) is 0 Å². The van der Waals surface area contributed by atoms with Gasteiger partial charge >= 0.3 is 18.2 Å². The third-order valence-electron chi connectivity index (χ3n) is 4.67. The Hall–Kier alpha value is -2.25. The van der Waals surface area contributed by atoms with Crippen LogP contribution in [0.1, 0.15) is 60.8 Å². The van der Waals surface area contributed by atoms with Gasteiger partial charge in [0.15, 0.2) is 0 Å². The molecule has 1 saturated carbocycles. The van der Waals surface area contributed by atoms with Crippen LogP contribution in [0.3, 0.4) is 0 Å². The average Bonchev–Trinajstić information content (AvgIpc) is 2.53. The van der Waals surface area contributed by atoms with Gasteiger partial charge in [0.2, 0.25) is 0 Å². The van der Waals surface area contributed by atoms with Crippen LogP contribution in [0.4, 0.5) is 9.59 Å². The fourth-order valence-electron chi connectivity index (χ4n) is 4.01. The van der Waals surface area contributed by atoms with Crippen molar-refractivity contribution in [2.24, 2.45) is 10.8 Å². The first-order chi connectivity index (χ1) is 13.3. The molecular weight excluding hydrogens is 376 g/mol. The topological polar surface area (TPSA) is 103 Å². The summed E-state index contributed by atoms with van der Waals surface area (Å²) in [4.78, 5) is 35.2. The van der Waals surface area contributed by atoms with E-state index in [1.165, 1.54) is 0 Å². The normalized spacial score (nSPS) is 23.1. The van der Waals surface area contributed by atoms with Crippen LogP contribution >= 0.6 is 0 Å². The van der Waals surface area contributed by atoms with Crippen molar-refractivity contribution in [1.82, 2.24) is 10.6 Å². The van der Waals surface area contributed by atoms with E-state index in [-0.39, 0.29) is 36.2 Å². The molecule has 1 rings (SSSR count). The Labute approximate surface area is 173 Å². The Morgan fingerprint density at radius 1 is 1.07 bits per heavy atom. The third-order valence-corrected chi connectivity index (χ3v) is 4.67. The highest BCUT2D eigenvalue weighted by atomic mass is 16.6. The van der Waals surface area contributed by atoms with Gasteiger partial charge in [-0.05, 0) is 50.9 Å². The summed E-state index contributed by atoms with van der Waals surface area (Å²) in [7, 11) is 0. The Kier molecular flexibility index (Phi) is 8.98. The van der Waals surface area contributed by atoms with Gasteiger partial charge in [-0.1, -0.05) is 27.4 Å². The smallest absolute Gasteiger partial charge is 0.407 e. The molecule has 1 aliphatic rings. The van der Waals surface area contributed by atoms with E-state index in [9.17, 15) is 14.4 Å². The lowest BCUT2D eigenvalue weighted by Gasteiger charge is -2.46. The van der Waals surface area contributed by atoms with Gasteiger partial charge in [0.25, 0.3) is 0 Å². The van der Waals surface area contributed by atoms with E-state index < -0.39 is 18.2 Å². The molecule has 166 valence electrons. The lowest BCUT2D eigenvalue weighted by Crippen LogP contribution is -2.50. The summed E-state index contributed by atoms with van der Waals surface area (Å²) in [5.41, 5.74) is 0.0939. The van der Waals surface area contributed by atoms with Gasteiger partial charge in [0.1, 0.15) is 13.2 Å². The van der Waals surface area contributed by atoms with Crippen LogP contribution in [-0.4, -0.2) is 50.1 Å². The molecule has 29 heavy (non-hydrogen) atoms. The van der Waals surface area contributed by atoms with Gasteiger partial charge in [0, 0.05) is 18.2 Å². The first kappa shape index (κ1) is 24.8. The number of hydrogen-bond donors (Lipinski definition) is 2. The number of nitrogens with one attached hydrogen (secondary N) is 2. The summed E-state index contributed by atoms with van der Waals surface area (Å²) in [6.07, 6.45) is 1.30. The molecule has 0 aromatic heterocycles. The molecule has 1 fully saturated rings. The standard InChI is InChI=1S/C21H36N2O6/c1-14(2)17(24)27-8-9-28-18(25)22-13-21(7)11-16(10-20(5,6)12-21)23-19(26)29-15(3)4/h15-16H,1,8-13H2,2-7H3,(H,22,25)(H,23,26). The first-order valence-corrected chi connectivity index (χ1v) is 10.0. The monoisotopic (exact) mass is 412 g/mol. The fourth-order valence-corrected chi connectivity index (χ4v) is 4.01. The van der Waals surface area contributed by atoms with Crippen molar-refractivity contribution in [3.05, 3.63) is 12.2 Å². The molecule has 2 N–H and O–H groups in total. The summed E-state index contributed by atoms with van der Waals surface area (Å²) in [5, 5.41) is 5.73. The predicted octanol–water partition coefficient (Wildman–Crippen LogP) is 3.55. The highest BCUT2D eigenvalue weighted by Gasteiger charge is 2.42. The van der Waals surface area contributed by atoms with Crippen LogP contribution in [0.25, 0.3) is 0 Å². The molecule has 0 radical (unpaired) electrons. The molecule has 1 aliphatic carbocycles. The summed E-state index contributed by atoms with van der Waals surface area (Å²) in [6.45, 7) is 15.4. The average molecular weight is 413 g/mol. The van der Waals surface area contributed by atoms with E-state index >= 15 is 0 Å². The van der Waals surface area contributed by atoms with Gasteiger partial charge in [-0.25, -0.2) is 14.4 Å². The number of ether oxygens (including phenoxy) is 3. The lowest BCUT2D eigenvalue weighted by molar-refractivity contribution is -0.139. The van der Waals surface area contributed by atoms with Crippen LogP contribution in [0, 0.1) is 10.8 Å². The van der Waals surface area contributed by atoms with Gasteiger partial charge in [-0.15, -0.1) is 0 Å². The summed E-state index contributed by atoms with van der Waals surface area (Å²) in [6, 6.07) is -0.0330. The second-order valence-corrected chi connectivity index (χ2v) is 9.26. The van der Waals surface area contributed by atoms with Crippen molar-refractivity contribution in [3.8, 4) is 0 Å². The Morgan fingerprint density at radius 2 is 1.69 bits per heavy atom. The van der Waals surface area contributed by atoms with Gasteiger partial charge < -0.3 is 24.8 Å². The second kappa shape index (κ2) is 10.5. The molecule has 0 aliphatic heterocycles. The number of esters is 1. The van der Waals surface area contributed by atoms with Crippen LogP contribution in [0.2, 0.25) is 0 Å². The van der Waals surface area contributed by atoms with E-state index in [4.69, 9.17) is 14.2 Å². The number of amides is 2. The molecule has 0 aromatic rings. The molecule has 2 amide bonds. The van der Waals surface area contributed by atoms with Gasteiger partial charge in [-0.3, -0.25) is 0 Å². The Morgan fingerprint density at radius 3 is 2.28 bits per heavy atom. The van der Waals surface area contributed by atoms with E-state index in [1.807, 2.05) is 13.8 Å². The van der Waals surface area contributed by atoms with Crippen molar-refractivity contribution in [2.75, 3.05) is 19.8 Å². The predicted molar refractivity (Wildman–Crippen MR) is 109 cm³/mol. The number of carbonyl (C=O) groups excluding carboxylic acids is 3. The van der Waals surface area contributed by atoms with Crippen LogP contribution in [-0.2, 0) is 19.0 Å². The minimum atomic E-state index is -0.565. The van der Waals surface area contributed by atoms with E-state index in [0.29, 0.717) is 12.1 Å². The minimum Gasteiger partial charge on any atom is -0.459 e. The van der Waals surface area contributed by atoms with Crippen LogP contribution in [0.5, 0.6) is 0 Å². The maximum Gasteiger partial charge on any atom is 0.407 e. The second-order valence-electron chi connectivity index (χ2n) is 9.26.